The highest BCUT2D eigenvalue weighted by atomic mass is 79.9. The van der Waals surface area contributed by atoms with E-state index >= 15 is 0 Å². The molecule has 5 nitrogen and oxygen atoms in total. The topological polar surface area (TPSA) is 49.9 Å². The van der Waals surface area contributed by atoms with Crippen molar-refractivity contribution in [1.29, 1.82) is 0 Å². The van der Waals surface area contributed by atoms with Gasteiger partial charge >= 0.3 is 0 Å². The lowest BCUT2D eigenvalue weighted by molar-refractivity contribution is -0.126. The zero-order chi connectivity index (χ0) is 21.7. The predicted molar refractivity (Wildman–Crippen MR) is 113 cm³/mol. The van der Waals surface area contributed by atoms with E-state index < -0.39 is 41.5 Å². The largest absolute Gasteiger partial charge is 0.273 e. The lowest BCUT2D eigenvalue weighted by atomic mass is 9.90. The Balaban J connectivity index is 1.62. The van der Waals surface area contributed by atoms with E-state index in [2.05, 4.69) is 15.9 Å². The maximum atomic E-state index is 14.4. The molecule has 0 saturated carbocycles. The third-order valence-corrected chi connectivity index (χ3v) is 6.11. The first-order chi connectivity index (χ1) is 15.0. The first kappa shape index (κ1) is 19.8. The Labute approximate surface area is 184 Å². The van der Waals surface area contributed by atoms with Crippen molar-refractivity contribution in [3.63, 3.8) is 0 Å². The molecule has 2 aliphatic rings. The van der Waals surface area contributed by atoms with Crippen LogP contribution < -0.4 is 9.96 Å². The van der Waals surface area contributed by atoms with E-state index in [9.17, 15) is 18.4 Å². The number of imide groups is 1. The molecular weight excluding hydrogens is 470 g/mol. The van der Waals surface area contributed by atoms with E-state index in [1.165, 1.54) is 29.3 Å². The number of hydrogen-bond acceptors (Lipinski definition) is 4. The van der Waals surface area contributed by atoms with Crippen molar-refractivity contribution in [2.24, 2.45) is 5.92 Å². The number of para-hydroxylation sites is 2. The summed E-state index contributed by atoms with van der Waals surface area (Å²) in [5.74, 6) is -3.25. The minimum Gasteiger partial charge on any atom is -0.273 e. The molecule has 31 heavy (non-hydrogen) atoms. The number of carbonyl (C=O) groups is 2. The Hall–Kier alpha value is -3.10. The van der Waals surface area contributed by atoms with Gasteiger partial charge in [0, 0.05) is 0 Å². The van der Waals surface area contributed by atoms with Crippen molar-refractivity contribution in [1.82, 2.24) is 0 Å². The van der Waals surface area contributed by atoms with Gasteiger partial charge < -0.3 is 0 Å². The Morgan fingerprint density at radius 3 is 2.26 bits per heavy atom. The van der Waals surface area contributed by atoms with Crippen LogP contribution in [-0.2, 0) is 14.4 Å². The molecule has 0 aromatic heterocycles. The van der Waals surface area contributed by atoms with Gasteiger partial charge in [-0.15, -0.1) is 0 Å². The van der Waals surface area contributed by atoms with Crippen molar-refractivity contribution < 1.29 is 23.2 Å². The number of halogens is 3. The molecule has 0 unspecified atom stereocenters. The molecule has 3 aromatic carbocycles. The number of anilines is 2. The maximum Gasteiger partial charge on any atom is 0.266 e. The summed E-state index contributed by atoms with van der Waals surface area (Å²) in [6.45, 7) is 0. The number of nitrogens with zero attached hydrogens (tertiary/aromatic N) is 2. The van der Waals surface area contributed by atoms with Crippen LogP contribution in [0.15, 0.2) is 77.3 Å². The minimum atomic E-state index is -1.12. The zero-order valence-corrected chi connectivity index (χ0v) is 17.5. The van der Waals surface area contributed by atoms with Gasteiger partial charge in [0.2, 0.25) is 5.91 Å². The Morgan fingerprint density at radius 1 is 0.839 bits per heavy atom. The molecule has 5 rings (SSSR count). The van der Waals surface area contributed by atoms with E-state index in [1.807, 2.05) is 6.07 Å². The highest BCUT2D eigenvalue weighted by molar-refractivity contribution is 9.10. The average Bonchev–Trinajstić information content (AvgIpc) is 3.28. The summed E-state index contributed by atoms with van der Waals surface area (Å²) in [5.41, 5.74) is 1.11. The Morgan fingerprint density at radius 2 is 1.55 bits per heavy atom. The van der Waals surface area contributed by atoms with Crippen molar-refractivity contribution >= 4 is 39.1 Å². The normalized spacial score (nSPS) is 22.9. The van der Waals surface area contributed by atoms with E-state index in [1.54, 1.807) is 42.5 Å². The molecule has 0 spiro atoms. The summed E-state index contributed by atoms with van der Waals surface area (Å²) in [6.07, 6.45) is -1.12. The van der Waals surface area contributed by atoms with Crippen LogP contribution in [0.5, 0.6) is 0 Å². The third-order valence-electron chi connectivity index (χ3n) is 5.50. The predicted octanol–water partition coefficient (Wildman–Crippen LogP) is 4.78. The summed E-state index contributed by atoms with van der Waals surface area (Å²) in [7, 11) is 0. The molecular formula is C23H15BrF2N2O3. The van der Waals surface area contributed by atoms with Crippen LogP contribution in [0.2, 0.25) is 0 Å². The lowest BCUT2D eigenvalue weighted by Gasteiger charge is -2.29. The molecule has 2 amide bonds. The van der Waals surface area contributed by atoms with Gasteiger partial charge in [0.05, 0.1) is 21.9 Å². The molecule has 2 aliphatic heterocycles. The summed E-state index contributed by atoms with van der Waals surface area (Å²) in [6, 6.07) is 18.3. The SMILES string of the molecule is O=C1[C@H]2[C@@H](c3ccc(F)c(Br)c3)N(c3ccccc3)O[C@H]2C(=O)N1c1ccccc1F. The molecule has 2 saturated heterocycles. The number of rotatable bonds is 3. The number of hydrogen-bond donors (Lipinski definition) is 0. The van der Waals surface area contributed by atoms with Crippen LogP contribution in [-0.4, -0.2) is 17.9 Å². The second-order valence-electron chi connectivity index (χ2n) is 7.29. The molecule has 2 heterocycles. The summed E-state index contributed by atoms with van der Waals surface area (Å²) in [4.78, 5) is 33.4. The van der Waals surface area contributed by atoms with E-state index in [0.717, 1.165) is 4.90 Å². The summed E-state index contributed by atoms with van der Waals surface area (Å²) < 4.78 is 28.5. The first-order valence-electron chi connectivity index (χ1n) is 9.55. The Bertz CT molecular complexity index is 1190. The number of amides is 2. The van der Waals surface area contributed by atoms with E-state index in [-0.39, 0.29) is 10.2 Å². The fourth-order valence-electron chi connectivity index (χ4n) is 4.12. The second kappa shape index (κ2) is 7.55. The van der Waals surface area contributed by atoms with Crippen molar-refractivity contribution in [2.45, 2.75) is 12.1 Å². The fourth-order valence-corrected chi connectivity index (χ4v) is 4.52. The molecule has 0 radical (unpaired) electrons. The average molecular weight is 485 g/mol. The van der Waals surface area contributed by atoms with Crippen LogP contribution in [0, 0.1) is 17.6 Å². The zero-order valence-electron chi connectivity index (χ0n) is 15.9. The minimum absolute atomic E-state index is 0.110. The second-order valence-corrected chi connectivity index (χ2v) is 8.15. The number of fused-ring (bicyclic) bond motifs is 1. The molecule has 2 fully saturated rings. The number of benzene rings is 3. The highest BCUT2D eigenvalue weighted by Gasteiger charge is 2.60. The smallest absolute Gasteiger partial charge is 0.266 e. The molecule has 0 aliphatic carbocycles. The number of carbonyl (C=O) groups excluding carboxylic acids is 2. The van der Waals surface area contributed by atoms with Crippen LogP contribution in [0.1, 0.15) is 11.6 Å². The van der Waals surface area contributed by atoms with Gasteiger partial charge in [0.25, 0.3) is 5.91 Å². The van der Waals surface area contributed by atoms with E-state index in [4.69, 9.17) is 4.84 Å². The maximum absolute atomic E-state index is 14.4. The van der Waals surface area contributed by atoms with Gasteiger partial charge in [-0.25, -0.2) is 18.7 Å². The lowest BCUT2D eigenvalue weighted by Crippen LogP contribution is -2.37. The van der Waals surface area contributed by atoms with Gasteiger partial charge in [-0.3, -0.25) is 14.4 Å². The summed E-state index contributed by atoms with van der Waals surface area (Å²) >= 11 is 3.18. The van der Waals surface area contributed by atoms with Crippen LogP contribution in [0.25, 0.3) is 0 Å². The summed E-state index contributed by atoms with van der Waals surface area (Å²) in [5, 5.41) is 1.50. The fraction of sp³-hybridized carbons (Fsp3) is 0.130. The Kier molecular flexibility index (Phi) is 4.83. The van der Waals surface area contributed by atoms with Gasteiger partial charge in [0.1, 0.15) is 17.6 Å². The molecule has 0 bridgehead atoms. The van der Waals surface area contributed by atoms with E-state index in [0.29, 0.717) is 11.3 Å². The van der Waals surface area contributed by atoms with Gasteiger partial charge in [-0.2, -0.15) is 0 Å². The molecule has 3 aromatic rings. The molecule has 3 atom stereocenters. The quantitative estimate of drug-likeness (QED) is 0.502. The molecule has 156 valence electrons. The number of hydroxylamine groups is 1. The molecule has 8 heteroatoms. The van der Waals surface area contributed by atoms with Crippen molar-refractivity contribution in [3.05, 3.63) is 94.5 Å². The van der Waals surface area contributed by atoms with Gasteiger partial charge in [0.15, 0.2) is 6.10 Å². The van der Waals surface area contributed by atoms with Crippen LogP contribution >= 0.6 is 15.9 Å². The standard InChI is InChI=1S/C23H15BrF2N2O3/c24-15-12-13(10-11-16(15)25)20-19-21(31-28(20)14-6-2-1-3-7-14)23(30)27(22(19)29)18-9-5-4-8-17(18)26/h1-12,19-21H/t19-,20+,21+/m0/s1. The van der Waals surface area contributed by atoms with Crippen molar-refractivity contribution in [3.8, 4) is 0 Å². The van der Waals surface area contributed by atoms with Crippen LogP contribution in [0.4, 0.5) is 20.2 Å². The van der Waals surface area contributed by atoms with Crippen molar-refractivity contribution in [2.75, 3.05) is 9.96 Å². The third kappa shape index (κ3) is 3.14. The van der Waals surface area contributed by atoms with Crippen LogP contribution in [0.3, 0.4) is 0 Å². The molecule has 0 N–H and O–H groups in total. The van der Waals surface area contributed by atoms with Gasteiger partial charge in [-0.1, -0.05) is 36.4 Å². The van der Waals surface area contributed by atoms with Gasteiger partial charge in [-0.05, 0) is 57.9 Å². The highest BCUT2D eigenvalue weighted by Crippen LogP contribution is 2.48. The first-order valence-corrected chi connectivity index (χ1v) is 10.3. The monoisotopic (exact) mass is 484 g/mol.